The molecule has 2 aromatic rings. The molecule has 2 rings (SSSR count). The maximum atomic E-state index is 13.1. The molecule has 0 aliphatic carbocycles. The summed E-state index contributed by atoms with van der Waals surface area (Å²) in [6.45, 7) is 4.34. The van der Waals surface area contributed by atoms with E-state index in [0.29, 0.717) is 13.0 Å². The quantitative estimate of drug-likeness (QED) is 0.663. The molecule has 0 unspecified atom stereocenters. The van der Waals surface area contributed by atoms with Crippen LogP contribution in [0.25, 0.3) is 0 Å². The van der Waals surface area contributed by atoms with Crippen LogP contribution in [-0.4, -0.2) is 23.1 Å². The molecular weight excluding hydrogens is 387 g/mol. The molecule has 0 atom stereocenters. The number of ether oxygens (including phenoxy) is 1. The van der Waals surface area contributed by atoms with Crippen molar-refractivity contribution in [3.8, 4) is 5.88 Å². The molecule has 0 radical (unpaired) electrons. The Kier molecular flexibility index (Phi) is 6.04. The van der Waals surface area contributed by atoms with Gasteiger partial charge < -0.3 is 9.64 Å². The predicted molar refractivity (Wildman–Crippen MR) is 89.6 cm³/mol. The number of hydrogen-bond acceptors (Lipinski definition) is 4. The van der Waals surface area contributed by atoms with Crippen molar-refractivity contribution in [2.24, 2.45) is 0 Å². The van der Waals surface area contributed by atoms with Crippen LogP contribution in [0.15, 0.2) is 34.9 Å². The number of benzene rings is 1. The first-order valence-electron chi connectivity index (χ1n) is 7.47. The molecule has 130 valence electrons. The molecule has 0 saturated carbocycles. The predicted octanol–water partition coefficient (Wildman–Crippen LogP) is 5.20. The summed E-state index contributed by atoms with van der Waals surface area (Å²) in [6.07, 6.45) is -3.20. The zero-order valence-electron chi connectivity index (χ0n) is 13.3. The molecule has 0 aliphatic heterocycles. The highest BCUT2D eigenvalue weighted by Gasteiger charge is 2.36. The van der Waals surface area contributed by atoms with Crippen molar-refractivity contribution in [3.05, 3.63) is 40.5 Å². The highest BCUT2D eigenvalue weighted by atomic mass is 79.9. The van der Waals surface area contributed by atoms with Gasteiger partial charge in [0.1, 0.15) is 5.56 Å². The summed E-state index contributed by atoms with van der Waals surface area (Å²) < 4.78 is 45.3. The summed E-state index contributed by atoms with van der Waals surface area (Å²) in [5.41, 5.74) is -0.187. The molecule has 0 N–H and O–H groups in total. The van der Waals surface area contributed by atoms with E-state index in [1.807, 2.05) is 38.1 Å². The van der Waals surface area contributed by atoms with Crippen LogP contribution in [0.3, 0.4) is 0 Å². The van der Waals surface area contributed by atoms with E-state index in [1.54, 1.807) is 4.90 Å². The number of alkyl halides is 3. The van der Waals surface area contributed by atoms with E-state index < -0.39 is 17.6 Å². The van der Waals surface area contributed by atoms with Crippen LogP contribution in [0.2, 0.25) is 0 Å². The zero-order valence-corrected chi connectivity index (χ0v) is 14.9. The zero-order chi connectivity index (χ0) is 17.7. The molecule has 24 heavy (non-hydrogen) atoms. The molecule has 0 saturated heterocycles. The average Bonchev–Trinajstić information content (AvgIpc) is 2.54. The SMILES string of the molecule is CCCOc1nc(N(CC)c2ccc(Br)cc2)ncc1C(F)(F)F. The van der Waals surface area contributed by atoms with Gasteiger partial charge in [-0.05, 0) is 37.6 Å². The number of halogens is 4. The van der Waals surface area contributed by atoms with Gasteiger partial charge in [0.25, 0.3) is 0 Å². The monoisotopic (exact) mass is 403 g/mol. The van der Waals surface area contributed by atoms with Gasteiger partial charge in [0.15, 0.2) is 0 Å². The summed E-state index contributed by atoms with van der Waals surface area (Å²) >= 11 is 3.35. The van der Waals surface area contributed by atoms with Crippen molar-refractivity contribution in [1.82, 2.24) is 9.97 Å². The Balaban J connectivity index is 2.43. The van der Waals surface area contributed by atoms with E-state index in [4.69, 9.17) is 4.74 Å². The molecule has 1 aromatic carbocycles. The summed E-state index contributed by atoms with van der Waals surface area (Å²) in [6, 6.07) is 7.36. The van der Waals surface area contributed by atoms with Crippen molar-refractivity contribution < 1.29 is 17.9 Å². The molecule has 8 heteroatoms. The maximum Gasteiger partial charge on any atom is 0.423 e. The number of nitrogens with zero attached hydrogens (tertiary/aromatic N) is 3. The van der Waals surface area contributed by atoms with Gasteiger partial charge in [-0.3, -0.25) is 0 Å². The molecule has 0 bridgehead atoms. The molecule has 1 aromatic heterocycles. The second-order valence-electron chi connectivity index (χ2n) is 4.96. The van der Waals surface area contributed by atoms with Gasteiger partial charge >= 0.3 is 6.18 Å². The van der Waals surface area contributed by atoms with Crippen molar-refractivity contribution in [3.63, 3.8) is 0 Å². The van der Waals surface area contributed by atoms with E-state index in [2.05, 4.69) is 25.9 Å². The van der Waals surface area contributed by atoms with Crippen LogP contribution in [0.1, 0.15) is 25.8 Å². The standard InChI is InChI=1S/C16H17BrF3N3O/c1-3-9-24-14-13(16(18,19)20)10-21-15(22-14)23(4-2)12-7-5-11(17)6-8-12/h5-8,10H,3-4,9H2,1-2H3. The van der Waals surface area contributed by atoms with Gasteiger partial charge in [-0.25, -0.2) is 4.98 Å². The largest absolute Gasteiger partial charge is 0.477 e. The Morgan fingerprint density at radius 2 is 1.83 bits per heavy atom. The van der Waals surface area contributed by atoms with Crippen LogP contribution in [-0.2, 0) is 6.18 Å². The van der Waals surface area contributed by atoms with Crippen LogP contribution >= 0.6 is 15.9 Å². The molecule has 1 heterocycles. The van der Waals surface area contributed by atoms with E-state index >= 15 is 0 Å². The lowest BCUT2D eigenvalue weighted by Gasteiger charge is -2.22. The highest BCUT2D eigenvalue weighted by Crippen LogP contribution is 2.36. The average molecular weight is 404 g/mol. The van der Waals surface area contributed by atoms with E-state index in [9.17, 15) is 13.2 Å². The Bertz CT molecular complexity index is 677. The Labute approximate surface area is 146 Å². The number of hydrogen-bond donors (Lipinski definition) is 0. The maximum absolute atomic E-state index is 13.1. The first-order valence-corrected chi connectivity index (χ1v) is 8.26. The third-order valence-electron chi connectivity index (χ3n) is 3.19. The minimum absolute atomic E-state index is 0.157. The fraction of sp³-hybridized carbons (Fsp3) is 0.375. The van der Waals surface area contributed by atoms with Crippen LogP contribution in [0.4, 0.5) is 24.8 Å². The van der Waals surface area contributed by atoms with Crippen LogP contribution in [0, 0.1) is 0 Å². The smallest absolute Gasteiger partial charge is 0.423 e. The Morgan fingerprint density at radius 3 is 2.38 bits per heavy atom. The molecule has 4 nitrogen and oxygen atoms in total. The summed E-state index contributed by atoms with van der Waals surface area (Å²) in [5.74, 6) is -0.274. The molecule has 0 aliphatic rings. The van der Waals surface area contributed by atoms with Crippen LogP contribution in [0.5, 0.6) is 5.88 Å². The second kappa shape index (κ2) is 7.83. The number of rotatable bonds is 6. The Hall–Kier alpha value is -1.83. The third kappa shape index (κ3) is 4.37. The highest BCUT2D eigenvalue weighted by molar-refractivity contribution is 9.10. The van der Waals surface area contributed by atoms with Crippen molar-refractivity contribution in [2.75, 3.05) is 18.1 Å². The van der Waals surface area contributed by atoms with Gasteiger partial charge in [0.05, 0.1) is 6.61 Å². The van der Waals surface area contributed by atoms with E-state index in [0.717, 1.165) is 16.4 Å². The second-order valence-corrected chi connectivity index (χ2v) is 5.87. The van der Waals surface area contributed by atoms with Gasteiger partial charge in [-0.2, -0.15) is 18.2 Å². The Morgan fingerprint density at radius 1 is 1.17 bits per heavy atom. The third-order valence-corrected chi connectivity index (χ3v) is 3.71. The van der Waals surface area contributed by atoms with Gasteiger partial charge in [0, 0.05) is 22.9 Å². The lowest BCUT2D eigenvalue weighted by molar-refractivity contribution is -0.139. The topological polar surface area (TPSA) is 38.2 Å². The number of anilines is 2. The normalized spacial score (nSPS) is 11.4. The molecule has 0 spiro atoms. The van der Waals surface area contributed by atoms with Crippen molar-refractivity contribution in [2.45, 2.75) is 26.4 Å². The van der Waals surface area contributed by atoms with E-state index in [1.165, 1.54) is 0 Å². The fourth-order valence-electron chi connectivity index (χ4n) is 2.05. The minimum atomic E-state index is -4.56. The van der Waals surface area contributed by atoms with Gasteiger partial charge in [-0.1, -0.05) is 22.9 Å². The van der Waals surface area contributed by atoms with Crippen molar-refractivity contribution in [1.29, 1.82) is 0 Å². The summed E-state index contributed by atoms with van der Waals surface area (Å²) in [7, 11) is 0. The molecule has 0 fully saturated rings. The lowest BCUT2D eigenvalue weighted by atomic mass is 10.3. The number of aromatic nitrogens is 2. The van der Waals surface area contributed by atoms with Gasteiger partial charge in [0.2, 0.25) is 11.8 Å². The summed E-state index contributed by atoms with van der Waals surface area (Å²) in [5, 5.41) is 0. The molecular formula is C16H17BrF3N3O. The fourth-order valence-corrected chi connectivity index (χ4v) is 2.32. The lowest BCUT2D eigenvalue weighted by Crippen LogP contribution is -2.20. The van der Waals surface area contributed by atoms with E-state index in [-0.39, 0.29) is 12.6 Å². The molecule has 0 amide bonds. The first kappa shape index (κ1) is 18.5. The van der Waals surface area contributed by atoms with Crippen molar-refractivity contribution >= 4 is 27.6 Å². The van der Waals surface area contributed by atoms with Crippen LogP contribution < -0.4 is 9.64 Å². The first-order chi connectivity index (χ1) is 11.4. The summed E-state index contributed by atoms with van der Waals surface area (Å²) in [4.78, 5) is 9.61. The van der Waals surface area contributed by atoms with Gasteiger partial charge in [-0.15, -0.1) is 0 Å². The minimum Gasteiger partial charge on any atom is -0.477 e.